The molecule has 0 aliphatic rings. The zero-order chi connectivity index (χ0) is 13.7. The minimum absolute atomic E-state index is 0.00334. The van der Waals surface area contributed by atoms with Crippen LogP contribution in [0.3, 0.4) is 0 Å². The van der Waals surface area contributed by atoms with Gasteiger partial charge in [0.25, 0.3) is 0 Å². The van der Waals surface area contributed by atoms with Crippen LogP contribution in [0.2, 0.25) is 0 Å². The average Bonchev–Trinajstić information content (AvgIpc) is 2.37. The molecule has 0 fully saturated rings. The summed E-state index contributed by atoms with van der Waals surface area (Å²) in [5, 5.41) is 0. The molecule has 0 radical (unpaired) electrons. The second-order valence-electron chi connectivity index (χ2n) is 3.91. The van der Waals surface area contributed by atoms with E-state index in [1.54, 1.807) is 0 Å². The normalized spacial score (nSPS) is 10.7. The van der Waals surface area contributed by atoms with E-state index in [-0.39, 0.29) is 6.61 Å². The van der Waals surface area contributed by atoms with Crippen LogP contribution in [-0.4, -0.2) is 6.61 Å². The maximum Gasteiger partial charge on any atom is 0.206 e. The highest BCUT2D eigenvalue weighted by atomic mass is 19.2. The van der Waals surface area contributed by atoms with Crippen LogP contribution < -0.4 is 10.5 Å². The molecule has 1 aromatic carbocycles. The maximum absolute atomic E-state index is 13.3. The Morgan fingerprint density at radius 3 is 1.94 bits per heavy atom. The zero-order valence-corrected chi connectivity index (χ0v) is 10.0. The molecule has 102 valence electrons. The van der Waals surface area contributed by atoms with Crippen molar-refractivity contribution < 1.29 is 22.3 Å². The van der Waals surface area contributed by atoms with Crippen molar-refractivity contribution in [2.45, 2.75) is 32.6 Å². The fraction of sp³-hybridized carbons (Fsp3) is 0.500. The van der Waals surface area contributed by atoms with E-state index in [9.17, 15) is 17.6 Å². The Labute approximate surface area is 103 Å². The molecule has 1 rings (SSSR count). The number of hydrogen-bond donors (Lipinski definition) is 1. The Morgan fingerprint density at radius 1 is 0.889 bits per heavy atom. The summed E-state index contributed by atoms with van der Waals surface area (Å²) >= 11 is 0. The van der Waals surface area contributed by atoms with Gasteiger partial charge < -0.3 is 10.5 Å². The maximum atomic E-state index is 13.3. The van der Waals surface area contributed by atoms with Crippen LogP contribution in [0.25, 0.3) is 0 Å². The number of nitrogen functional groups attached to an aromatic ring is 1. The van der Waals surface area contributed by atoms with Gasteiger partial charge >= 0.3 is 0 Å². The van der Waals surface area contributed by atoms with Crippen LogP contribution in [0.1, 0.15) is 32.6 Å². The number of hydrogen-bond acceptors (Lipinski definition) is 2. The minimum Gasteiger partial charge on any atom is -0.487 e. The van der Waals surface area contributed by atoms with Gasteiger partial charge in [-0.05, 0) is 6.42 Å². The molecule has 0 heterocycles. The van der Waals surface area contributed by atoms with E-state index in [1.807, 2.05) is 6.92 Å². The van der Waals surface area contributed by atoms with Gasteiger partial charge in [-0.25, -0.2) is 8.78 Å². The highest BCUT2D eigenvalue weighted by molar-refractivity contribution is 5.47. The summed E-state index contributed by atoms with van der Waals surface area (Å²) in [5.41, 5.74) is 3.68. The topological polar surface area (TPSA) is 35.2 Å². The van der Waals surface area contributed by atoms with E-state index >= 15 is 0 Å². The van der Waals surface area contributed by atoms with Crippen LogP contribution in [0, 0.1) is 23.3 Å². The second kappa shape index (κ2) is 6.47. The standard InChI is InChI=1S/C12H15F4NO/c1-2-3-4-5-6-18-12-9(15)7(13)11(17)8(14)10(12)16/h2-6,17H2,1H3. The van der Waals surface area contributed by atoms with Crippen molar-refractivity contribution in [1.82, 2.24) is 0 Å². The zero-order valence-electron chi connectivity index (χ0n) is 10.0. The first-order valence-corrected chi connectivity index (χ1v) is 5.74. The van der Waals surface area contributed by atoms with Crippen LogP contribution in [0.4, 0.5) is 23.2 Å². The summed E-state index contributed by atoms with van der Waals surface area (Å²) in [5.74, 6) is -7.49. The van der Waals surface area contributed by atoms with E-state index in [2.05, 4.69) is 0 Å². The fourth-order valence-corrected chi connectivity index (χ4v) is 1.46. The highest BCUT2D eigenvalue weighted by Gasteiger charge is 2.24. The molecule has 0 unspecified atom stereocenters. The molecule has 2 nitrogen and oxygen atoms in total. The van der Waals surface area contributed by atoms with Gasteiger partial charge in [-0.15, -0.1) is 0 Å². The molecule has 0 atom stereocenters. The summed E-state index contributed by atoms with van der Waals surface area (Å²) in [6.45, 7) is 2.00. The van der Waals surface area contributed by atoms with Gasteiger partial charge in [0.05, 0.1) is 6.61 Å². The SMILES string of the molecule is CCCCCCOc1c(F)c(F)c(N)c(F)c1F. The van der Waals surface area contributed by atoms with Crippen molar-refractivity contribution in [1.29, 1.82) is 0 Å². The van der Waals surface area contributed by atoms with Crippen LogP contribution >= 0.6 is 0 Å². The number of anilines is 1. The van der Waals surface area contributed by atoms with Crippen molar-refractivity contribution in [3.8, 4) is 5.75 Å². The van der Waals surface area contributed by atoms with E-state index in [1.165, 1.54) is 0 Å². The minimum atomic E-state index is -1.63. The third-order valence-electron chi connectivity index (χ3n) is 2.50. The van der Waals surface area contributed by atoms with Crippen molar-refractivity contribution in [2.24, 2.45) is 0 Å². The number of ether oxygens (including phenoxy) is 1. The molecule has 6 heteroatoms. The number of nitrogens with two attached hydrogens (primary N) is 1. The summed E-state index contributed by atoms with van der Waals surface area (Å²) < 4.78 is 57.5. The van der Waals surface area contributed by atoms with E-state index in [0.29, 0.717) is 6.42 Å². The van der Waals surface area contributed by atoms with Gasteiger partial charge in [-0.3, -0.25) is 0 Å². The molecular weight excluding hydrogens is 250 g/mol. The Hall–Kier alpha value is -1.46. The van der Waals surface area contributed by atoms with Gasteiger partial charge in [0, 0.05) is 0 Å². The van der Waals surface area contributed by atoms with E-state index in [4.69, 9.17) is 10.5 Å². The molecule has 0 amide bonds. The third-order valence-corrected chi connectivity index (χ3v) is 2.50. The highest BCUT2D eigenvalue weighted by Crippen LogP contribution is 2.31. The Bertz CT molecular complexity index is 394. The molecule has 0 aliphatic heterocycles. The molecule has 0 saturated carbocycles. The van der Waals surface area contributed by atoms with Gasteiger partial charge in [0.1, 0.15) is 5.69 Å². The van der Waals surface area contributed by atoms with Gasteiger partial charge in [-0.1, -0.05) is 26.2 Å². The quantitative estimate of drug-likeness (QED) is 0.367. The van der Waals surface area contributed by atoms with Gasteiger partial charge in [0.2, 0.25) is 11.6 Å². The van der Waals surface area contributed by atoms with Crippen LogP contribution in [0.5, 0.6) is 5.75 Å². The lowest BCUT2D eigenvalue weighted by Gasteiger charge is -2.10. The molecule has 0 spiro atoms. The molecule has 0 aromatic heterocycles. The predicted molar refractivity (Wildman–Crippen MR) is 60.3 cm³/mol. The molecule has 1 aromatic rings. The Balaban J connectivity index is 2.77. The number of rotatable bonds is 6. The first-order valence-electron chi connectivity index (χ1n) is 5.74. The fourth-order valence-electron chi connectivity index (χ4n) is 1.46. The molecular formula is C12H15F4NO. The first kappa shape index (κ1) is 14.6. The first-order chi connectivity index (χ1) is 8.50. The van der Waals surface area contributed by atoms with Crippen LogP contribution in [-0.2, 0) is 0 Å². The van der Waals surface area contributed by atoms with Crippen molar-refractivity contribution in [2.75, 3.05) is 12.3 Å². The number of unbranched alkanes of at least 4 members (excludes halogenated alkanes) is 3. The molecule has 2 N–H and O–H groups in total. The molecule has 0 aliphatic carbocycles. The lowest BCUT2D eigenvalue weighted by atomic mass is 10.2. The van der Waals surface area contributed by atoms with Gasteiger partial charge in [-0.2, -0.15) is 8.78 Å². The van der Waals surface area contributed by atoms with E-state index in [0.717, 1.165) is 19.3 Å². The van der Waals surface area contributed by atoms with Crippen molar-refractivity contribution in [3.63, 3.8) is 0 Å². The summed E-state index contributed by atoms with van der Waals surface area (Å²) in [6, 6.07) is 0. The molecule has 0 saturated heterocycles. The molecule has 18 heavy (non-hydrogen) atoms. The van der Waals surface area contributed by atoms with Crippen molar-refractivity contribution >= 4 is 5.69 Å². The summed E-state index contributed by atoms with van der Waals surface area (Å²) in [7, 11) is 0. The monoisotopic (exact) mass is 265 g/mol. The third kappa shape index (κ3) is 3.05. The smallest absolute Gasteiger partial charge is 0.206 e. The molecule has 0 bridgehead atoms. The average molecular weight is 265 g/mol. The van der Waals surface area contributed by atoms with Gasteiger partial charge in [0.15, 0.2) is 17.4 Å². The van der Waals surface area contributed by atoms with E-state index < -0.39 is 34.7 Å². The largest absolute Gasteiger partial charge is 0.487 e. The lowest BCUT2D eigenvalue weighted by molar-refractivity contribution is 0.264. The van der Waals surface area contributed by atoms with Crippen LogP contribution in [0.15, 0.2) is 0 Å². The Kier molecular flexibility index (Phi) is 5.25. The summed E-state index contributed by atoms with van der Waals surface area (Å²) in [4.78, 5) is 0. The summed E-state index contributed by atoms with van der Waals surface area (Å²) in [6.07, 6.45) is 3.33. The van der Waals surface area contributed by atoms with Crippen molar-refractivity contribution in [3.05, 3.63) is 23.3 Å². The predicted octanol–water partition coefficient (Wildman–Crippen LogP) is 3.78. The number of benzene rings is 1. The second-order valence-corrected chi connectivity index (χ2v) is 3.91. The number of halogens is 4. The lowest BCUT2D eigenvalue weighted by Crippen LogP contribution is -2.08. The Morgan fingerprint density at radius 2 is 1.44 bits per heavy atom.